The average molecular weight is 692 g/mol. The lowest BCUT2D eigenvalue weighted by Gasteiger charge is -2.70. The highest BCUT2D eigenvalue weighted by atomic mass is 35.5. The van der Waals surface area contributed by atoms with Crippen molar-refractivity contribution in [2.24, 2.45) is 10.8 Å². The number of fused-ring (bicyclic) bond motifs is 6. The monoisotopic (exact) mass is 690 g/mol. The summed E-state index contributed by atoms with van der Waals surface area (Å²) in [6.07, 6.45) is 5.99. The fraction of sp³-hybridized carbons (Fsp3) is 0.444. The van der Waals surface area contributed by atoms with Gasteiger partial charge < -0.3 is 29.2 Å². The van der Waals surface area contributed by atoms with E-state index in [-0.39, 0.29) is 29.1 Å². The number of aryl methyl sites for hydroxylation is 2. The Morgan fingerprint density at radius 1 is 0.792 bits per heavy atom. The number of anilines is 2. The second-order valence-electron chi connectivity index (χ2n) is 14.4. The van der Waals surface area contributed by atoms with E-state index < -0.39 is 17.4 Å². The average Bonchev–Trinajstić information content (AvgIpc) is 3.76. The van der Waals surface area contributed by atoms with E-state index >= 15 is 0 Å². The molecule has 0 spiro atoms. The van der Waals surface area contributed by atoms with Gasteiger partial charge in [0.1, 0.15) is 0 Å². The first kappa shape index (κ1) is 31.3. The number of hydrogen-bond donors (Lipinski definition) is 2. The first-order valence-corrected chi connectivity index (χ1v) is 17.4. The van der Waals surface area contributed by atoms with Gasteiger partial charge in [-0.05, 0) is 60.8 Å². The molecule has 2 amide bonds. The predicted octanol–water partition coefficient (Wildman–Crippen LogP) is 6.72. The highest BCUT2D eigenvalue weighted by Crippen LogP contribution is 2.76. The maximum atomic E-state index is 14.3. The molecular weight excluding hydrogens is 655 g/mol. The summed E-state index contributed by atoms with van der Waals surface area (Å²) in [5.74, 6) is 0.496. The van der Waals surface area contributed by atoms with Gasteiger partial charge in [0.05, 0.1) is 27.8 Å². The molecule has 12 heteroatoms. The lowest BCUT2D eigenvalue weighted by Crippen LogP contribution is -2.69. The van der Waals surface area contributed by atoms with Crippen molar-refractivity contribution in [3.63, 3.8) is 0 Å². The highest BCUT2D eigenvalue weighted by molar-refractivity contribution is 6.20. The van der Waals surface area contributed by atoms with Gasteiger partial charge in [-0.3, -0.25) is 19.2 Å². The Labute approximate surface area is 287 Å². The van der Waals surface area contributed by atoms with Gasteiger partial charge in [0.15, 0.2) is 11.5 Å². The molecule has 2 aliphatic heterocycles. The molecule has 2 N–H and O–H groups in total. The summed E-state index contributed by atoms with van der Waals surface area (Å²) < 4.78 is 11.1. The largest absolute Gasteiger partial charge is 0.424 e. The first-order chi connectivity index (χ1) is 22.9. The Morgan fingerprint density at radius 3 is 1.71 bits per heavy atom. The Kier molecular flexibility index (Phi) is 6.99. The van der Waals surface area contributed by atoms with E-state index in [0.717, 1.165) is 55.4 Å². The fourth-order valence-electron chi connectivity index (χ4n) is 9.29. The summed E-state index contributed by atoms with van der Waals surface area (Å²) in [7, 11) is 0. The van der Waals surface area contributed by atoms with Gasteiger partial charge in [0.25, 0.3) is 0 Å². The predicted molar refractivity (Wildman–Crippen MR) is 184 cm³/mol. The van der Waals surface area contributed by atoms with Crippen LogP contribution in [0.3, 0.4) is 0 Å². The van der Waals surface area contributed by atoms with Gasteiger partial charge in [0, 0.05) is 92.3 Å². The van der Waals surface area contributed by atoms with Gasteiger partial charge in [-0.25, -0.2) is 0 Å². The summed E-state index contributed by atoms with van der Waals surface area (Å²) in [6, 6.07) is 3.56. The maximum absolute atomic E-state index is 14.3. The number of H-pyrrole nitrogens is 2. The molecule has 3 fully saturated rings. The summed E-state index contributed by atoms with van der Waals surface area (Å²) in [5, 5.41) is 1.87. The number of carbonyl (C=O) groups is 4. The number of ether oxygens (including phenoxy) is 2. The lowest BCUT2D eigenvalue weighted by molar-refractivity contribution is -0.207. The standard InChI is InChI=1S/C36H36Cl2N4O6/c1-17-10-39-32-25(47-19(3)43)5-23-30(28(17)32)21(8-37)12-41(23)27(45)7-35-14-36(15-35,16-35)34(46)42-13-22(9-38)31-24(42)6-26(48-20(4)44)33-29(31)18(2)11-40-33/h5-6,10-11,21-22,39-40H,7-9,12-16H2,1-4H3/t21-,22-,35?,36?/m1/s1. The smallest absolute Gasteiger partial charge is 0.308 e. The third-order valence-electron chi connectivity index (χ3n) is 11.0. The van der Waals surface area contributed by atoms with Crippen LogP contribution in [0.25, 0.3) is 21.8 Å². The number of carbonyl (C=O) groups excluding carboxylic acids is 4. The summed E-state index contributed by atoms with van der Waals surface area (Å²) in [6.45, 7) is 7.59. The molecule has 4 aromatic rings. The van der Waals surface area contributed by atoms with Crippen LogP contribution in [0.2, 0.25) is 0 Å². The number of nitrogens with zero attached hydrogens (tertiary/aromatic N) is 2. The second kappa shape index (κ2) is 10.7. The maximum Gasteiger partial charge on any atom is 0.308 e. The van der Waals surface area contributed by atoms with Gasteiger partial charge in [-0.2, -0.15) is 0 Å². The fourth-order valence-corrected chi connectivity index (χ4v) is 9.79. The topological polar surface area (TPSA) is 125 Å². The van der Waals surface area contributed by atoms with E-state index in [2.05, 4.69) is 9.97 Å². The van der Waals surface area contributed by atoms with E-state index in [9.17, 15) is 19.2 Å². The minimum absolute atomic E-state index is 0.0176. The van der Waals surface area contributed by atoms with E-state index in [4.69, 9.17) is 32.7 Å². The number of aromatic nitrogens is 2. The molecule has 3 aliphatic carbocycles. The number of amides is 2. The molecule has 2 bridgehead atoms. The van der Waals surface area contributed by atoms with Crippen molar-refractivity contribution >= 4 is 80.1 Å². The van der Waals surface area contributed by atoms with Gasteiger partial charge >= 0.3 is 11.9 Å². The molecule has 0 saturated heterocycles. The van der Waals surface area contributed by atoms with E-state index in [1.54, 1.807) is 17.0 Å². The first-order valence-electron chi connectivity index (χ1n) is 16.3. The molecule has 3 saturated carbocycles. The molecule has 250 valence electrons. The van der Waals surface area contributed by atoms with Crippen LogP contribution in [0.4, 0.5) is 11.4 Å². The SMILES string of the molecule is CC(=O)Oc1cc2c(c3c(C)c[nH]c13)[C@H](CCl)CN2C(=O)CC12CC(C(=O)N3C[C@@H](CCl)c4c3cc(OC(C)=O)c3[nH]cc(C)c43)(C1)C2. The van der Waals surface area contributed by atoms with Crippen LogP contribution >= 0.6 is 23.2 Å². The van der Waals surface area contributed by atoms with Gasteiger partial charge in [0.2, 0.25) is 11.8 Å². The van der Waals surface area contributed by atoms with Crippen LogP contribution in [0, 0.1) is 24.7 Å². The molecule has 9 rings (SSSR count). The Bertz CT molecular complexity index is 2080. The number of alkyl halides is 2. The second-order valence-corrected chi connectivity index (χ2v) is 15.0. The molecule has 2 aromatic carbocycles. The van der Waals surface area contributed by atoms with Gasteiger partial charge in [-0.1, -0.05) is 0 Å². The normalized spacial score (nSPS) is 25.1. The van der Waals surface area contributed by atoms with Crippen molar-refractivity contribution in [1.29, 1.82) is 0 Å². The van der Waals surface area contributed by atoms with Crippen LogP contribution < -0.4 is 19.3 Å². The Hall–Kier alpha value is -4.02. The number of halogens is 2. The van der Waals surface area contributed by atoms with Crippen molar-refractivity contribution in [3.8, 4) is 11.5 Å². The molecule has 2 aromatic heterocycles. The van der Waals surface area contributed by atoms with Crippen molar-refractivity contribution in [1.82, 2.24) is 9.97 Å². The summed E-state index contributed by atoms with van der Waals surface area (Å²) >= 11 is 12.9. The molecule has 5 aliphatic rings. The van der Waals surface area contributed by atoms with Crippen LogP contribution in [0.15, 0.2) is 24.5 Å². The minimum atomic E-state index is -0.527. The number of rotatable bonds is 7. The number of hydrogen-bond acceptors (Lipinski definition) is 6. The Morgan fingerprint density at radius 2 is 1.25 bits per heavy atom. The van der Waals surface area contributed by atoms with Crippen LogP contribution in [-0.2, 0) is 19.2 Å². The number of esters is 2. The summed E-state index contributed by atoms with van der Waals surface area (Å²) in [4.78, 5) is 62.3. The highest BCUT2D eigenvalue weighted by Gasteiger charge is 2.72. The Balaban J connectivity index is 1.04. The molecule has 0 radical (unpaired) electrons. The van der Waals surface area contributed by atoms with Crippen LogP contribution in [-0.4, -0.2) is 58.6 Å². The van der Waals surface area contributed by atoms with E-state index in [0.29, 0.717) is 62.0 Å². The number of aromatic amines is 2. The van der Waals surface area contributed by atoms with E-state index in [1.165, 1.54) is 13.8 Å². The zero-order valence-electron chi connectivity index (χ0n) is 27.2. The molecular formula is C36H36Cl2N4O6. The lowest BCUT2D eigenvalue weighted by atomic mass is 9.34. The molecule has 2 atom stereocenters. The molecule has 10 nitrogen and oxygen atoms in total. The van der Waals surface area contributed by atoms with Crippen LogP contribution in [0.1, 0.15) is 73.6 Å². The van der Waals surface area contributed by atoms with Crippen molar-refractivity contribution in [3.05, 3.63) is 46.8 Å². The van der Waals surface area contributed by atoms with Crippen LogP contribution in [0.5, 0.6) is 11.5 Å². The number of nitrogens with one attached hydrogen (secondary N) is 2. The zero-order valence-corrected chi connectivity index (χ0v) is 28.7. The zero-order chi connectivity index (χ0) is 33.9. The summed E-state index contributed by atoms with van der Waals surface area (Å²) in [5.41, 5.74) is 6.13. The third kappa shape index (κ3) is 4.37. The number of benzene rings is 2. The third-order valence-corrected chi connectivity index (χ3v) is 11.8. The quantitative estimate of drug-likeness (QED) is 0.126. The molecule has 4 heterocycles. The van der Waals surface area contributed by atoms with Crippen molar-refractivity contribution in [2.45, 2.75) is 65.2 Å². The minimum Gasteiger partial charge on any atom is -0.424 e. The van der Waals surface area contributed by atoms with Crippen molar-refractivity contribution in [2.75, 3.05) is 34.6 Å². The molecule has 0 unspecified atom stereocenters. The van der Waals surface area contributed by atoms with E-state index in [1.807, 2.05) is 31.1 Å². The van der Waals surface area contributed by atoms with Gasteiger partial charge in [-0.15, -0.1) is 23.2 Å². The molecule has 48 heavy (non-hydrogen) atoms. The van der Waals surface area contributed by atoms with Crippen molar-refractivity contribution < 1.29 is 28.7 Å².